The lowest BCUT2D eigenvalue weighted by atomic mass is 9.98. The summed E-state index contributed by atoms with van der Waals surface area (Å²) in [6, 6.07) is 4.40. The van der Waals surface area contributed by atoms with E-state index < -0.39 is 17.8 Å². The van der Waals surface area contributed by atoms with Gasteiger partial charge in [-0.25, -0.2) is 4.98 Å². The number of nitrogens with zero attached hydrogens (tertiary/aromatic N) is 2. The number of imidazole rings is 1. The molecule has 0 saturated heterocycles. The van der Waals surface area contributed by atoms with E-state index in [1.54, 1.807) is 17.8 Å². The molecular weight excluding hydrogens is 243 g/mol. The molecule has 0 saturated carbocycles. The predicted octanol–water partition coefficient (Wildman–Crippen LogP) is 2.49. The Morgan fingerprint density at radius 1 is 1.28 bits per heavy atom. The molecule has 0 fully saturated rings. The molecule has 6 heteroatoms. The molecule has 2 N–H and O–H groups in total. The first kappa shape index (κ1) is 12.6. The molecule has 3 nitrogen and oxygen atoms in total. The van der Waals surface area contributed by atoms with Gasteiger partial charge in [-0.05, 0) is 11.6 Å². The second kappa shape index (κ2) is 4.45. The summed E-state index contributed by atoms with van der Waals surface area (Å²) < 4.78 is 40.2. The summed E-state index contributed by atoms with van der Waals surface area (Å²) in [6.45, 7) is 0. The quantitative estimate of drug-likeness (QED) is 0.896. The van der Waals surface area contributed by atoms with Crippen molar-refractivity contribution < 1.29 is 13.2 Å². The van der Waals surface area contributed by atoms with Gasteiger partial charge in [0.05, 0.1) is 23.6 Å². The van der Waals surface area contributed by atoms with E-state index in [0.717, 1.165) is 6.07 Å². The Morgan fingerprint density at radius 2 is 1.94 bits per heavy atom. The van der Waals surface area contributed by atoms with E-state index in [1.807, 2.05) is 0 Å². The summed E-state index contributed by atoms with van der Waals surface area (Å²) in [5.41, 5.74) is 5.57. The highest BCUT2D eigenvalue weighted by Gasteiger charge is 2.34. The molecule has 0 aliphatic heterocycles. The lowest BCUT2D eigenvalue weighted by Gasteiger charge is -2.16. The molecule has 1 aromatic heterocycles. The van der Waals surface area contributed by atoms with Crippen molar-refractivity contribution in [3.8, 4) is 0 Å². The van der Waals surface area contributed by atoms with Gasteiger partial charge >= 0.3 is 6.18 Å². The molecule has 0 bridgehead atoms. The van der Waals surface area contributed by atoms with E-state index in [9.17, 15) is 13.2 Å². The number of alkyl halides is 3. The standard InChI is InChI=1S/C12H12F3N3/c1-18-6-10(17-7-18)11(16)8-4-2-3-5-9(8)12(13,14)15/h2-7,11H,16H2,1H3. The molecule has 2 aromatic rings. The molecule has 0 radical (unpaired) electrons. The van der Waals surface area contributed by atoms with Crippen LogP contribution in [0.3, 0.4) is 0 Å². The van der Waals surface area contributed by atoms with Crippen LogP contribution < -0.4 is 5.73 Å². The first-order valence-electron chi connectivity index (χ1n) is 5.29. The van der Waals surface area contributed by atoms with Gasteiger partial charge < -0.3 is 10.3 Å². The van der Waals surface area contributed by atoms with Crippen molar-refractivity contribution in [1.82, 2.24) is 9.55 Å². The molecular formula is C12H12F3N3. The molecule has 1 atom stereocenters. The topological polar surface area (TPSA) is 43.8 Å². The van der Waals surface area contributed by atoms with E-state index in [4.69, 9.17) is 5.73 Å². The Morgan fingerprint density at radius 3 is 2.50 bits per heavy atom. The lowest BCUT2D eigenvalue weighted by molar-refractivity contribution is -0.138. The van der Waals surface area contributed by atoms with E-state index in [-0.39, 0.29) is 5.56 Å². The van der Waals surface area contributed by atoms with Crippen LogP contribution in [0.25, 0.3) is 0 Å². The van der Waals surface area contributed by atoms with Crippen molar-refractivity contribution in [2.24, 2.45) is 12.8 Å². The normalized spacial score (nSPS) is 13.6. The fourth-order valence-electron chi connectivity index (χ4n) is 1.78. The maximum absolute atomic E-state index is 12.8. The molecule has 0 aliphatic carbocycles. The van der Waals surface area contributed by atoms with E-state index in [0.29, 0.717) is 5.69 Å². The summed E-state index contributed by atoms with van der Waals surface area (Å²) in [5.74, 6) is 0. The molecule has 1 heterocycles. The van der Waals surface area contributed by atoms with Crippen LogP contribution in [0.4, 0.5) is 13.2 Å². The lowest BCUT2D eigenvalue weighted by Crippen LogP contribution is -2.18. The molecule has 0 spiro atoms. The van der Waals surface area contributed by atoms with Gasteiger partial charge in [-0.1, -0.05) is 18.2 Å². The average Bonchev–Trinajstić information content (AvgIpc) is 2.74. The van der Waals surface area contributed by atoms with E-state index >= 15 is 0 Å². The maximum atomic E-state index is 12.8. The number of aromatic nitrogens is 2. The van der Waals surface area contributed by atoms with Gasteiger partial charge in [-0.3, -0.25) is 0 Å². The smallest absolute Gasteiger partial charge is 0.340 e. The minimum Gasteiger partial charge on any atom is -0.340 e. The molecule has 0 amide bonds. The van der Waals surface area contributed by atoms with Crippen molar-refractivity contribution >= 4 is 0 Å². The van der Waals surface area contributed by atoms with Gasteiger partial charge in [0.25, 0.3) is 0 Å². The minimum atomic E-state index is -4.41. The molecule has 96 valence electrons. The van der Waals surface area contributed by atoms with Gasteiger partial charge in [-0.2, -0.15) is 13.2 Å². The Balaban J connectivity index is 2.45. The number of hydrogen-bond acceptors (Lipinski definition) is 2. The second-order valence-corrected chi connectivity index (χ2v) is 4.03. The zero-order valence-corrected chi connectivity index (χ0v) is 9.65. The number of aryl methyl sites for hydroxylation is 1. The number of benzene rings is 1. The molecule has 0 aliphatic rings. The summed E-state index contributed by atoms with van der Waals surface area (Å²) >= 11 is 0. The Kier molecular flexibility index (Phi) is 3.13. The highest BCUT2D eigenvalue weighted by atomic mass is 19.4. The monoisotopic (exact) mass is 255 g/mol. The van der Waals surface area contributed by atoms with Crippen LogP contribution in [0.2, 0.25) is 0 Å². The van der Waals surface area contributed by atoms with Crippen LogP contribution in [0.5, 0.6) is 0 Å². The number of halogens is 3. The highest BCUT2D eigenvalue weighted by Crippen LogP contribution is 2.35. The van der Waals surface area contributed by atoms with Gasteiger partial charge in [0.1, 0.15) is 0 Å². The van der Waals surface area contributed by atoms with Crippen LogP contribution in [0.15, 0.2) is 36.8 Å². The van der Waals surface area contributed by atoms with Gasteiger partial charge in [0, 0.05) is 13.2 Å². The van der Waals surface area contributed by atoms with Crippen LogP contribution in [0, 0.1) is 0 Å². The first-order valence-corrected chi connectivity index (χ1v) is 5.29. The summed E-state index contributed by atoms with van der Waals surface area (Å²) in [6.07, 6.45) is -1.30. The van der Waals surface area contributed by atoms with E-state index in [1.165, 1.54) is 24.5 Å². The third-order valence-electron chi connectivity index (χ3n) is 2.64. The molecule has 18 heavy (non-hydrogen) atoms. The second-order valence-electron chi connectivity index (χ2n) is 4.03. The zero-order chi connectivity index (χ0) is 13.3. The van der Waals surface area contributed by atoms with Crippen LogP contribution in [-0.2, 0) is 13.2 Å². The maximum Gasteiger partial charge on any atom is 0.416 e. The Labute approximate surface area is 102 Å². The number of rotatable bonds is 2. The van der Waals surface area contributed by atoms with Crippen molar-refractivity contribution in [3.05, 3.63) is 53.6 Å². The third kappa shape index (κ3) is 2.38. The van der Waals surface area contributed by atoms with Crippen molar-refractivity contribution in [2.45, 2.75) is 12.2 Å². The summed E-state index contributed by atoms with van der Waals surface area (Å²) in [4.78, 5) is 3.99. The minimum absolute atomic E-state index is 0.0312. The fraction of sp³-hybridized carbons (Fsp3) is 0.250. The predicted molar refractivity (Wildman–Crippen MR) is 60.7 cm³/mol. The van der Waals surface area contributed by atoms with Gasteiger partial charge in [0.2, 0.25) is 0 Å². The average molecular weight is 255 g/mol. The first-order chi connectivity index (χ1) is 8.39. The van der Waals surface area contributed by atoms with Gasteiger partial charge in [0.15, 0.2) is 0 Å². The summed E-state index contributed by atoms with van der Waals surface area (Å²) in [7, 11) is 1.74. The fourth-order valence-corrected chi connectivity index (χ4v) is 1.78. The molecule has 1 aromatic carbocycles. The number of hydrogen-bond donors (Lipinski definition) is 1. The largest absolute Gasteiger partial charge is 0.416 e. The van der Waals surface area contributed by atoms with Crippen LogP contribution >= 0.6 is 0 Å². The molecule has 2 rings (SSSR count). The Hall–Kier alpha value is -1.82. The van der Waals surface area contributed by atoms with Crippen LogP contribution in [0.1, 0.15) is 22.9 Å². The third-order valence-corrected chi connectivity index (χ3v) is 2.64. The van der Waals surface area contributed by atoms with Crippen molar-refractivity contribution in [2.75, 3.05) is 0 Å². The molecule has 1 unspecified atom stereocenters. The van der Waals surface area contributed by atoms with Crippen LogP contribution in [-0.4, -0.2) is 9.55 Å². The van der Waals surface area contributed by atoms with Crippen molar-refractivity contribution in [1.29, 1.82) is 0 Å². The van der Waals surface area contributed by atoms with Gasteiger partial charge in [-0.15, -0.1) is 0 Å². The zero-order valence-electron chi connectivity index (χ0n) is 9.65. The number of nitrogens with two attached hydrogens (primary N) is 1. The van der Waals surface area contributed by atoms with E-state index in [2.05, 4.69) is 4.98 Å². The SMILES string of the molecule is Cn1cnc(C(N)c2ccccc2C(F)(F)F)c1. The highest BCUT2D eigenvalue weighted by molar-refractivity contribution is 5.36. The summed E-state index contributed by atoms with van der Waals surface area (Å²) in [5, 5.41) is 0. The van der Waals surface area contributed by atoms with Crippen molar-refractivity contribution in [3.63, 3.8) is 0 Å². The Bertz CT molecular complexity index is 545.